The topological polar surface area (TPSA) is 95.7 Å². The molecule has 0 aliphatic carbocycles. The van der Waals surface area contributed by atoms with Crippen molar-refractivity contribution in [3.8, 4) is 29.5 Å². The molecule has 1 aliphatic heterocycles. The molecule has 0 spiro atoms. The quantitative estimate of drug-likeness (QED) is 0.160. The number of carbonyl (C=O) groups is 2. The molecule has 0 unspecified atom stereocenters. The summed E-state index contributed by atoms with van der Waals surface area (Å²) in [5.74, 6) is 3.44. The maximum Gasteiger partial charge on any atom is 0.275 e. The summed E-state index contributed by atoms with van der Waals surface area (Å²) in [4.78, 5) is 45.0. The van der Waals surface area contributed by atoms with Gasteiger partial charge in [0.25, 0.3) is 11.5 Å². The lowest BCUT2D eigenvalue weighted by Gasteiger charge is -2.29. The zero-order valence-corrected chi connectivity index (χ0v) is 22.8. The molecule has 3 heterocycles. The second kappa shape index (κ2) is 12.4. The number of unbranched alkanes of at least 4 members (excludes halogenated alkanes) is 1. The third-order valence-corrected chi connectivity index (χ3v) is 6.82. The maximum atomic E-state index is 13.1. The number of fused-ring (bicyclic) bond motifs is 1. The van der Waals surface area contributed by atoms with Gasteiger partial charge >= 0.3 is 0 Å². The van der Waals surface area contributed by atoms with Crippen LogP contribution in [0.15, 0.2) is 78.0 Å². The van der Waals surface area contributed by atoms with Gasteiger partial charge < -0.3 is 23.5 Å². The molecule has 0 fully saturated rings. The fourth-order valence-corrected chi connectivity index (χ4v) is 4.66. The monoisotopic (exact) mass is 550 g/mol. The second-order valence-electron chi connectivity index (χ2n) is 9.66. The Balaban J connectivity index is 1.17. The van der Waals surface area contributed by atoms with E-state index in [0.29, 0.717) is 66.7 Å². The number of imidazole rings is 1. The highest BCUT2D eigenvalue weighted by molar-refractivity contribution is 6.09. The van der Waals surface area contributed by atoms with Gasteiger partial charge in [0.1, 0.15) is 29.5 Å². The SMILES string of the molecule is C#CCCCOc1ccc(C(=O)c2cccc(OCCN3CCn4c(ccc(-n5cnc(C)c5)c4=O)C3=O)c2)cc1. The van der Waals surface area contributed by atoms with Crippen LogP contribution in [-0.4, -0.2) is 57.0 Å². The highest BCUT2D eigenvalue weighted by Gasteiger charge is 2.26. The van der Waals surface area contributed by atoms with Crippen LogP contribution < -0.4 is 15.0 Å². The fraction of sp³-hybridized carbons (Fsp3) is 0.250. The highest BCUT2D eigenvalue weighted by Crippen LogP contribution is 2.20. The summed E-state index contributed by atoms with van der Waals surface area (Å²) in [5.41, 5.74) is 2.41. The number of benzene rings is 2. The van der Waals surface area contributed by atoms with Crippen LogP contribution in [0.25, 0.3) is 5.69 Å². The molecule has 9 nitrogen and oxygen atoms in total. The fourth-order valence-electron chi connectivity index (χ4n) is 4.66. The van der Waals surface area contributed by atoms with E-state index in [-0.39, 0.29) is 23.9 Å². The maximum absolute atomic E-state index is 13.1. The summed E-state index contributed by atoms with van der Waals surface area (Å²) in [6.45, 7) is 3.74. The van der Waals surface area contributed by atoms with Gasteiger partial charge in [-0.15, -0.1) is 12.3 Å². The predicted molar refractivity (Wildman–Crippen MR) is 154 cm³/mol. The first-order chi connectivity index (χ1) is 19.9. The Bertz CT molecular complexity index is 1660. The molecule has 0 saturated heterocycles. The Morgan fingerprint density at radius 2 is 1.78 bits per heavy atom. The van der Waals surface area contributed by atoms with E-state index in [4.69, 9.17) is 15.9 Å². The van der Waals surface area contributed by atoms with Crippen molar-refractivity contribution in [2.75, 3.05) is 26.3 Å². The minimum absolute atomic E-state index is 0.132. The first-order valence-corrected chi connectivity index (χ1v) is 13.4. The van der Waals surface area contributed by atoms with Crippen molar-refractivity contribution >= 4 is 11.7 Å². The molecule has 4 aromatic rings. The average molecular weight is 551 g/mol. The van der Waals surface area contributed by atoms with Gasteiger partial charge in [0.2, 0.25) is 0 Å². The van der Waals surface area contributed by atoms with Crippen LogP contribution in [0.5, 0.6) is 11.5 Å². The van der Waals surface area contributed by atoms with Crippen molar-refractivity contribution in [2.45, 2.75) is 26.3 Å². The molecule has 2 aromatic heterocycles. The van der Waals surface area contributed by atoms with Crippen LogP contribution in [0, 0.1) is 19.3 Å². The summed E-state index contributed by atoms with van der Waals surface area (Å²) < 4.78 is 14.7. The molecule has 0 bridgehead atoms. The Kier molecular flexibility index (Phi) is 8.30. The molecule has 0 N–H and O–H groups in total. The zero-order valence-electron chi connectivity index (χ0n) is 22.8. The van der Waals surface area contributed by atoms with Gasteiger partial charge in [0.05, 0.1) is 25.2 Å². The van der Waals surface area contributed by atoms with Gasteiger partial charge in [-0.25, -0.2) is 4.98 Å². The van der Waals surface area contributed by atoms with E-state index < -0.39 is 0 Å². The van der Waals surface area contributed by atoms with Gasteiger partial charge in [0.15, 0.2) is 5.78 Å². The number of nitrogens with zero attached hydrogens (tertiary/aromatic N) is 4. The number of terminal acetylenes is 1. The van der Waals surface area contributed by atoms with Crippen molar-refractivity contribution in [3.63, 3.8) is 0 Å². The van der Waals surface area contributed by atoms with Gasteiger partial charge in [0, 0.05) is 36.8 Å². The molecule has 41 heavy (non-hydrogen) atoms. The molecule has 0 saturated carbocycles. The molecule has 1 amide bonds. The number of aromatic nitrogens is 3. The zero-order chi connectivity index (χ0) is 28.8. The van der Waals surface area contributed by atoms with Crippen molar-refractivity contribution < 1.29 is 19.1 Å². The molecular formula is C32H30N4O5. The second-order valence-corrected chi connectivity index (χ2v) is 9.66. The van der Waals surface area contributed by atoms with Crippen molar-refractivity contribution in [1.29, 1.82) is 0 Å². The summed E-state index contributed by atoms with van der Waals surface area (Å²) in [5, 5.41) is 0. The highest BCUT2D eigenvalue weighted by atomic mass is 16.5. The van der Waals surface area contributed by atoms with Crippen molar-refractivity contribution in [1.82, 2.24) is 19.0 Å². The third kappa shape index (κ3) is 6.23. The van der Waals surface area contributed by atoms with Gasteiger partial charge in [-0.05, 0) is 61.9 Å². The molecule has 2 aromatic carbocycles. The Hall–Kier alpha value is -5.10. The molecule has 0 radical (unpaired) electrons. The lowest BCUT2D eigenvalue weighted by Crippen LogP contribution is -2.46. The van der Waals surface area contributed by atoms with E-state index in [9.17, 15) is 14.4 Å². The number of pyridine rings is 1. The smallest absolute Gasteiger partial charge is 0.275 e. The Labute approximate surface area is 238 Å². The molecule has 5 rings (SSSR count). The number of aryl methyl sites for hydroxylation is 1. The van der Waals surface area contributed by atoms with Crippen molar-refractivity contribution in [3.05, 3.63) is 106 Å². The molecule has 208 valence electrons. The van der Waals surface area contributed by atoms with Gasteiger partial charge in [-0.1, -0.05) is 12.1 Å². The standard InChI is InChI=1S/C32H30N4O5/c1-3-4-5-18-40-26-11-9-24(10-12-26)30(37)25-7-6-8-27(20-25)41-19-17-34-15-16-36-29(31(34)38)14-13-28(32(36)39)35-21-23(2)33-22-35/h1,6-14,20-22H,4-5,15-19H2,2H3. The Morgan fingerprint density at radius 1 is 0.976 bits per heavy atom. The summed E-state index contributed by atoms with van der Waals surface area (Å²) in [6, 6.07) is 17.3. The predicted octanol–water partition coefficient (Wildman–Crippen LogP) is 3.90. The van der Waals surface area contributed by atoms with Crippen molar-refractivity contribution in [2.24, 2.45) is 0 Å². The number of hydrogen-bond acceptors (Lipinski definition) is 6. The molecular weight excluding hydrogens is 520 g/mol. The minimum atomic E-state index is -0.229. The van der Waals surface area contributed by atoms with Gasteiger partial charge in [-0.3, -0.25) is 14.4 Å². The van der Waals surface area contributed by atoms with Crippen LogP contribution in [0.3, 0.4) is 0 Å². The van der Waals surface area contributed by atoms with Crippen LogP contribution in [0.2, 0.25) is 0 Å². The normalized spacial score (nSPS) is 12.5. The number of amides is 1. The Morgan fingerprint density at radius 3 is 2.54 bits per heavy atom. The summed E-state index contributed by atoms with van der Waals surface area (Å²) in [6.07, 6.45) is 10.1. The summed E-state index contributed by atoms with van der Waals surface area (Å²) >= 11 is 0. The van der Waals surface area contributed by atoms with E-state index in [2.05, 4.69) is 10.9 Å². The third-order valence-electron chi connectivity index (χ3n) is 6.82. The van der Waals surface area contributed by atoms with E-state index in [1.165, 1.54) is 4.57 Å². The van der Waals surface area contributed by atoms with Crippen LogP contribution in [0.4, 0.5) is 0 Å². The first-order valence-electron chi connectivity index (χ1n) is 13.4. The van der Waals surface area contributed by atoms with Crippen LogP contribution in [-0.2, 0) is 6.54 Å². The van der Waals surface area contributed by atoms with E-state index >= 15 is 0 Å². The molecule has 1 aliphatic rings. The number of carbonyl (C=O) groups excluding carboxylic acids is 2. The number of rotatable bonds is 11. The summed E-state index contributed by atoms with van der Waals surface area (Å²) in [7, 11) is 0. The molecule has 9 heteroatoms. The van der Waals surface area contributed by atoms with E-state index in [1.54, 1.807) is 82.7 Å². The largest absolute Gasteiger partial charge is 0.494 e. The van der Waals surface area contributed by atoms with E-state index in [0.717, 1.165) is 12.1 Å². The van der Waals surface area contributed by atoms with Crippen LogP contribution >= 0.6 is 0 Å². The van der Waals surface area contributed by atoms with Crippen LogP contribution in [0.1, 0.15) is 44.9 Å². The van der Waals surface area contributed by atoms with Gasteiger partial charge in [-0.2, -0.15) is 0 Å². The lowest BCUT2D eigenvalue weighted by atomic mass is 10.0. The lowest BCUT2D eigenvalue weighted by molar-refractivity contribution is 0.0673. The molecule has 0 atom stereocenters. The average Bonchev–Trinajstić information content (AvgIpc) is 3.42. The number of ether oxygens (including phenoxy) is 2. The first kappa shape index (κ1) is 27.5. The number of hydrogen-bond donors (Lipinski definition) is 0. The number of ketones is 1. The minimum Gasteiger partial charge on any atom is -0.494 e. The van der Waals surface area contributed by atoms with E-state index in [1.807, 2.05) is 6.92 Å².